The molecule has 188 valence electrons. The molecule has 0 spiro atoms. The fourth-order valence-electron chi connectivity index (χ4n) is 0.0913. The average molecular weight is 441 g/mol. The highest BCUT2D eigenvalue weighted by molar-refractivity contribution is 4.24. The van der Waals surface area contributed by atoms with Crippen molar-refractivity contribution >= 4 is 0 Å². The fourth-order valence-corrected chi connectivity index (χ4v) is 0.0913. The van der Waals surface area contributed by atoms with Gasteiger partial charge in [-0.2, -0.15) is 0 Å². The Kier molecular flexibility index (Phi) is 279000. The van der Waals surface area contributed by atoms with E-state index in [1.807, 2.05) is 0 Å². The van der Waals surface area contributed by atoms with E-state index in [-0.39, 0.29) is 6.61 Å². The molecule has 2 nitrogen and oxygen atoms in total. The van der Waals surface area contributed by atoms with E-state index in [2.05, 4.69) is 176 Å². The number of aliphatic hydroxyl groups is 1. The van der Waals surface area contributed by atoms with Gasteiger partial charge in [-0.05, 0) is 0 Å². The minimum Gasteiger partial charge on any atom is -0.394 e. The zero-order valence-corrected chi connectivity index (χ0v) is 21.7. The topological polar surface area (TPSA) is 29.5 Å². The predicted octanol–water partition coefficient (Wildman–Crippen LogP) is 10.1. The van der Waals surface area contributed by atoms with Gasteiger partial charge in [0.15, 0.2) is 0 Å². The molecule has 0 saturated carbocycles. The average Bonchev–Trinajstić information content (AvgIpc) is 2.99. The molecule has 0 aliphatic heterocycles. The molecule has 31 heavy (non-hydrogen) atoms. The van der Waals surface area contributed by atoms with Crippen molar-refractivity contribution in [3.05, 3.63) is 171 Å². The molecular weight excluding hydrogens is 380 g/mol. The van der Waals surface area contributed by atoms with Crippen molar-refractivity contribution in [3.63, 3.8) is 0 Å². The lowest BCUT2D eigenvalue weighted by molar-refractivity contribution is 0.135. The first-order valence-electron chi connectivity index (χ1n) is 8.01. The second kappa shape index (κ2) is 81800. The van der Waals surface area contributed by atoms with Crippen LogP contribution in [0.15, 0.2) is 171 Å². The van der Waals surface area contributed by atoms with Gasteiger partial charge in [0, 0.05) is 7.11 Å². The number of rotatable bonds is 2. The van der Waals surface area contributed by atoms with Gasteiger partial charge in [-0.25, -0.2) is 0 Å². The molecule has 0 aromatic rings. The van der Waals surface area contributed by atoms with Crippen LogP contribution in [-0.4, -0.2) is 25.4 Å². The minimum absolute atomic E-state index is 0.122. The van der Waals surface area contributed by atoms with Crippen LogP contribution >= 0.6 is 0 Å². The lowest BCUT2D eigenvalue weighted by Gasteiger charge is -1.84. The van der Waals surface area contributed by atoms with Crippen molar-refractivity contribution < 1.29 is 9.84 Å². The van der Waals surface area contributed by atoms with Gasteiger partial charge in [0.2, 0.25) is 0 Å². The molecule has 0 aliphatic rings. The Morgan fingerprint density at radius 1 is 0.355 bits per heavy atom. The molecule has 0 atom stereocenters. The first-order chi connectivity index (χ1) is 15.4. The van der Waals surface area contributed by atoms with Crippen molar-refractivity contribution in [2.45, 2.75) is 0 Å². The summed E-state index contributed by atoms with van der Waals surface area (Å²) in [7, 11) is 1.55. The Balaban J connectivity index is -0.00000000853. The first kappa shape index (κ1) is 106. The fraction of sp³-hybridized carbons (Fsp3) is 0.103. The summed E-state index contributed by atoms with van der Waals surface area (Å²) >= 11 is 0. The van der Waals surface area contributed by atoms with Crippen LogP contribution in [0.4, 0.5) is 0 Å². The molecular formula is C29H60O2. The predicted molar refractivity (Wildman–Crippen MR) is 165 cm³/mol. The summed E-state index contributed by atoms with van der Waals surface area (Å²) in [5.41, 5.74) is 0. The zero-order valence-electron chi connectivity index (χ0n) is 21.7. The van der Waals surface area contributed by atoms with Gasteiger partial charge in [-0.1, -0.05) is 0 Å². The summed E-state index contributed by atoms with van der Waals surface area (Å²) in [6, 6.07) is 0. The smallest absolute Gasteiger partial charge is 0.0693 e. The van der Waals surface area contributed by atoms with Crippen LogP contribution in [0.1, 0.15) is 0 Å². The number of ether oxygens (including phenoxy) is 1. The van der Waals surface area contributed by atoms with Crippen LogP contribution in [0, 0.1) is 0 Å². The molecule has 0 unspecified atom stereocenters. The monoisotopic (exact) mass is 440 g/mol. The second-order valence-electron chi connectivity index (χ2n) is 0.716. The van der Waals surface area contributed by atoms with Gasteiger partial charge in [0.25, 0.3) is 0 Å². The Morgan fingerprint density at radius 2 is 0.452 bits per heavy atom. The summed E-state index contributed by atoms with van der Waals surface area (Å²) in [4.78, 5) is 0. The van der Waals surface area contributed by atoms with E-state index in [4.69, 9.17) is 5.11 Å². The molecule has 0 amide bonds. The van der Waals surface area contributed by atoms with E-state index >= 15 is 0 Å². The van der Waals surface area contributed by atoms with Crippen LogP contribution < -0.4 is 0 Å². The van der Waals surface area contributed by atoms with Gasteiger partial charge in [0.1, 0.15) is 0 Å². The molecule has 1 N–H and O–H groups in total. The zero-order chi connectivity index (χ0) is 30.1. The summed E-state index contributed by atoms with van der Waals surface area (Å²) in [6.45, 7) is 78.6. The summed E-state index contributed by atoms with van der Waals surface area (Å²) in [5, 5.41) is 7.94. The third-order valence-corrected chi connectivity index (χ3v) is 0.295. The Bertz CT molecular complexity index is 88.6. The van der Waals surface area contributed by atoms with E-state index in [0.29, 0.717) is 6.61 Å². The molecule has 0 rings (SSSR count). The summed E-state index contributed by atoms with van der Waals surface area (Å²) in [5.74, 6) is 0. The highest BCUT2D eigenvalue weighted by Gasteiger charge is 1.67. The minimum atomic E-state index is 0.122. The van der Waals surface area contributed by atoms with E-state index < -0.39 is 0 Å². The SMILES string of the molecule is C=C.C=C.C=C.C=C.C=C.C=C.C=C.C=C.C=C.C=C.C=C.C=C.C=C.COCCO. The van der Waals surface area contributed by atoms with Crippen molar-refractivity contribution in [3.8, 4) is 0 Å². The molecule has 0 aromatic carbocycles. The second-order valence-corrected chi connectivity index (χ2v) is 0.716. The highest BCUT2D eigenvalue weighted by atomic mass is 16.5. The van der Waals surface area contributed by atoms with Crippen LogP contribution in [0.3, 0.4) is 0 Å². The molecule has 0 aromatic heterocycles. The van der Waals surface area contributed by atoms with E-state index in [1.165, 1.54) is 0 Å². The first-order valence-corrected chi connectivity index (χ1v) is 8.01. The maximum atomic E-state index is 7.94. The Hall–Kier alpha value is -3.46. The molecule has 0 bridgehead atoms. The number of aliphatic hydroxyl groups excluding tert-OH is 1. The molecule has 0 radical (unpaired) electrons. The summed E-state index contributed by atoms with van der Waals surface area (Å²) in [6.07, 6.45) is 0. The molecule has 0 fully saturated rings. The van der Waals surface area contributed by atoms with Crippen molar-refractivity contribution in [2.24, 2.45) is 0 Å². The molecule has 2 heteroatoms. The quantitative estimate of drug-likeness (QED) is 0.433. The van der Waals surface area contributed by atoms with Gasteiger partial charge >= 0.3 is 0 Å². The van der Waals surface area contributed by atoms with Crippen LogP contribution in [0.25, 0.3) is 0 Å². The van der Waals surface area contributed by atoms with E-state index in [0.717, 1.165) is 0 Å². The van der Waals surface area contributed by atoms with Gasteiger partial charge in [0.05, 0.1) is 13.2 Å². The molecule has 0 saturated heterocycles. The van der Waals surface area contributed by atoms with E-state index in [1.54, 1.807) is 7.11 Å². The van der Waals surface area contributed by atoms with Crippen molar-refractivity contribution in [2.75, 3.05) is 20.3 Å². The lowest BCUT2D eigenvalue weighted by Crippen LogP contribution is -1.91. The van der Waals surface area contributed by atoms with Crippen LogP contribution in [0.2, 0.25) is 0 Å². The Labute approximate surface area is 201 Å². The van der Waals surface area contributed by atoms with Gasteiger partial charge in [-0.15, -0.1) is 171 Å². The molecule has 0 aliphatic carbocycles. The van der Waals surface area contributed by atoms with Crippen molar-refractivity contribution in [1.82, 2.24) is 0 Å². The lowest BCUT2D eigenvalue weighted by atomic mass is 10.8. The highest BCUT2D eigenvalue weighted by Crippen LogP contribution is 1.56. The van der Waals surface area contributed by atoms with Gasteiger partial charge < -0.3 is 9.84 Å². The standard InChI is InChI=1S/C3H8O2.13C2H4/c1-5-3-2-4;13*1-2/h4H,2-3H2,1H3;13*1-2H2. The van der Waals surface area contributed by atoms with Crippen molar-refractivity contribution in [1.29, 1.82) is 0 Å². The third-order valence-electron chi connectivity index (χ3n) is 0.295. The number of methoxy groups -OCH3 is 1. The Morgan fingerprint density at radius 3 is 0.452 bits per heavy atom. The number of hydrogen-bond donors (Lipinski definition) is 1. The third kappa shape index (κ3) is 7500. The summed E-state index contributed by atoms with van der Waals surface area (Å²) < 4.78 is 4.44. The number of hydrogen-bond acceptors (Lipinski definition) is 2. The largest absolute Gasteiger partial charge is 0.394 e. The van der Waals surface area contributed by atoms with E-state index in [9.17, 15) is 0 Å². The normalized spacial score (nSPS) is 3.03. The van der Waals surface area contributed by atoms with Gasteiger partial charge in [-0.3, -0.25) is 0 Å². The maximum absolute atomic E-state index is 7.94. The maximum Gasteiger partial charge on any atom is 0.0693 e. The molecule has 0 heterocycles. The van der Waals surface area contributed by atoms with Crippen LogP contribution in [0.5, 0.6) is 0 Å². The van der Waals surface area contributed by atoms with Crippen LogP contribution in [-0.2, 0) is 4.74 Å².